The van der Waals surface area contributed by atoms with Gasteiger partial charge in [-0.1, -0.05) is 13.0 Å². The van der Waals surface area contributed by atoms with Crippen molar-refractivity contribution in [1.29, 1.82) is 0 Å². The topological polar surface area (TPSA) is 37.8 Å². The van der Waals surface area contributed by atoms with E-state index < -0.39 is 0 Å². The summed E-state index contributed by atoms with van der Waals surface area (Å²) in [5, 5.41) is 3.53. The molecule has 3 nitrogen and oxygen atoms in total. The molecule has 0 aliphatic rings. The van der Waals surface area contributed by atoms with E-state index in [1.807, 2.05) is 26.2 Å². The van der Waals surface area contributed by atoms with E-state index in [2.05, 4.69) is 47.3 Å². The van der Waals surface area contributed by atoms with Crippen molar-refractivity contribution in [1.82, 2.24) is 15.3 Å². The highest BCUT2D eigenvalue weighted by atomic mass is 14.9. The van der Waals surface area contributed by atoms with Crippen LogP contribution in [0.5, 0.6) is 0 Å². The highest BCUT2D eigenvalue weighted by Gasteiger charge is 2.14. The predicted octanol–water partition coefficient (Wildman–Crippen LogP) is 3.10. The Morgan fingerprint density at radius 2 is 1.68 bits per heavy atom. The lowest BCUT2D eigenvalue weighted by Crippen LogP contribution is -2.22. The van der Waals surface area contributed by atoms with Crippen LogP contribution in [0.2, 0.25) is 0 Å². The van der Waals surface area contributed by atoms with Crippen LogP contribution < -0.4 is 5.32 Å². The van der Waals surface area contributed by atoms with Crippen LogP contribution in [-0.4, -0.2) is 16.5 Å². The van der Waals surface area contributed by atoms with Crippen molar-refractivity contribution >= 4 is 0 Å². The van der Waals surface area contributed by atoms with Crippen molar-refractivity contribution in [2.24, 2.45) is 0 Å². The normalized spacial score (nSPS) is 12.4. The van der Waals surface area contributed by atoms with Crippen LogP contribution in [0.1, 0.15) is 41.0 Å². The van der Waals surface area contributed by atoms with Crippen LogP contribution in [0.4, 0.5) is 0 Å². The second-order valence-electron chi connectivity index (χ2n) is 4.97. The Bertz CT molecular complexity index is 543. The molecule has 0 aliphatic carbocycles. The summed E-state index contributed by atoms with van der Waals surface area (Å²) in [6, 6.07) is 6.65. The van der Waals surface area contributed by atoms with Crippen molar-refractivity contribution in [3.8, 4) is 0 Å². The number of rotatable bonds is 4. The van der Waals surface area contributed by atoms with Gasteiger partial charge in [0.15, 0.2) is 0 Å². The van der Waals surface area contributed by atoms with Crippen LogP contribution in [0.3, 0.4) is 0 Å². The second-order valence-corrected chi connectivity index (χ2v) is 4.97. The summed E-state index contributed by atoms with van der Waals surface area (Å²) >= 11 is 0. The standard InChI is InChI=1S/C16H21N3/c1-5-18-16(15-6-11(2)9-17-10-15)14-7-12(3)19-13(4)8-14/h6-10,16,18H,5H2,1-4H3. The average molecular weight is 255 g/mol. The molecule has 0 radical (unpaired) electrons. The molecular weight excluding hydrogens is 234 g/mol. The van der Waals surface area contributed by atoms with E-state index in [0.717, 1.165) is 17.9 Å². The van der Waals surface area contributed by atoms with Gasteiger partial charge >= 0.3 is 0 Å². The summed E-state index contributed by atoms with van der Waals surface area (Å²) in [6.07, 6.45) is 3.82. The molecule has 1 N–H and O–H groups in total. The van der Waals surface area contributed by atoms with E-state index in [9.17, 15) is 0 Å². The first-order valence-corrected chi connectivity index (χ1v) is 6.70. The predicted molar refractivity (Wildman–Crippen MR) is 78.2 cm³/mol. The van der Waals surface area contributed by atoms with Gasteiger partial charge in [0.25, 0.3) is 0 Å². The van der Waals surface area contributed by atoms with E-state index in [4.69, 9.17) is 0 Å². The quantitative estimate of drug-likeness (QED) is 0.912. The average Bonchev–Trinajstić information content (AvgIpc) is 2.34. The molecule has 0 saturated heterocycles. The van der Waals surface area contributed by atoms with Crippen LogP contribution in [0, 0.1) is 20.8 Å². The molecule has 1 atom stereocenters. The minimum Gasteiger partial charge on any atom is -0.306 e. The van der Waals surface area contributed by atoms with Gasteiger partial charge in [0.05, 0.1) is 6.04 Å². The SMILES string of the molecule is CCNC(c1cncc(C)c1)c1cc(C)nc(C)c1. The number of aryl methyl sites for hydroxylation is 3. The minimum absolute atomic E-state index is 0.179. The first-order chi connectivity index (χ1) is 9.10. The zero-order valence-electron chi connectivity index (χ0n) is 12.1. The second kappa shape index (κ2) is 5.93. The lowest BCUT2D eigenvalue weighted by Gasteiger charge is -2.19. The third kappa shape index (κ3) is 3.38. The van der Waals surface area contributed by atoms with Crippen molar-refractivity contribution in [3.05, 3.63) is 58.7 Å². The lowest BCUT2D eigenvalue weighted by atomic mass is 9.98. The molecule has 2 rings (SSSR count). The molecule has 100 valence electrons. The number of nitrogens with zero attached hydrogens (tertiary/aromatic N) is 2. The summed E-state index contributed by atoms with van der Waals surface area (Å²) < 4.78 is 0. The van der Waals surface area contributed by atoms with E-state index in [0.29, 0.717) is 0 Å². The Hall–Kier alpha value is -1.74. The Kier molecular flexibility index (Phi) is 4.27. The molecule has 0 spiro atoms. The van der Waals surface area contributed by atoms with E-state index in [1.165, 1.54) is 16.7 Å². The van der Waals surface area contributed by atoms with Gasteiger partial charge in [-0.15, -0.1) is 0 Å². The summed E-state index contributed by atoms with van der Waals surface area (Å²) in [4.78, 5) is 8.75. The van der Waals surface area contributed by atoms with Gasteiger partial charge in [-0.05, 0) is 56.1 Å². The fourth-order valence-corrected chi connectivity index (χ4v) is 2.40. The molecule has 0 bridgehead atoms. The number of nitrogens with one attached hydrogen (secondary N) is 1. The molecule has 0 saturated carbocycles. The highest BCUT2D eigenvalue weighted by Crippen LogP contribution is 2.23. The molecule has 3 heteroatoms. The van der Waals surface area contributed by atoms with E-state index in [-0.39, 0.29) is 6.04 Å². The van der Waals surface area contributed by atoms with Crippen molar-refractivity contribution < 1.29 is 0 Å². The third-order valence-corrected chi connectivity index (χ3v) is 3.07. The Morgan fingerprint density at radius 3 is 2.26 bits per heavy atom. The number of hydrogen-bond acceptors (Lipinski definition) is 3. The lowest BCUT2D eigenvalue weighted by molar-refractivity contribution is 0.626. The number of hydrogen-bond donors (Lipinski definition) is 1. The monoisotopic (exact) mass is 255 g/mol. The summed E-state index contributed by atoms with van der Waals surface area (Å²) in [6.45, 7) is 9.18. The van der Waals surface area contributed by atoms with Gasteiger partial charge in [0.2, 0.25) is 0 Å². The van der Waals surface area contributed by atoms with Crippen LogP contribution in [0.15, 0.2) is 30.6 Å². The summed E-state index contributed by atoms with van der Waals surface area (Å²) in [5.74, 6) is 0. The molecule has 1 unspecified atom stereocenters. The van der Waals surface area contributed by atoms with Crippen molar-refractivity contribution in [3.63, 3.8) is 0 Å². The molecule has 0 fully saturated rings. The molecule has 19 heavy (non-hydrogen) atoms. The smallest absolute Gasteiger partial charge is 0.0593 e. The third-order valence-electron chi connectivity index (χ3n) is 3.07. The van der Waals surface area contributed by atoms with Crippen LogP contribution in [-0.2, 0) is 0 Å². The van der Waals surface area contributed by atoms with E-state index in [1.54, 1.807) is 0 Å². The largest absolute Gasteiger partial charge is 0.306 e. The van der Waals surface area contributed by atoms with Crippen LogP contribution >= 0.6 is 0 Å². The van der Waals surface area contributed by atoms with Crippen molar-refractivity contribution in [2.75, 3.05) is 6.54 Å². The molecule has 0 aromatic carbocycles. The Balaban J connectivity index is 2.44. The minimum atomic E-state index is 0.179. The molecule has 2 heterocycles. The summed E-state index contributed by atoms with van der Waals surface area (Å²) in [7, 11) is 0. The van der Waals surface area contributed by atoms with Gasteiger partial charge in [0, 0.05) is 23.8 Å². The molecule has 2 aromatic rings. The summed E-state index contributed by atoms with van der Waals surface area (Å²) in [5.41, 5.74) is 5.74. The maximum Gasteiger partial charge on any atom is 0.0593 e. The first-order valence-electron chi connectivity index (χ1n) is 6.70. The number of aromatic nitrogens is 2. The zero-order valence-corrected chi connectivity index (χ0v) is 12.1. The fourth-order valence-electron chi connectivity index (χ4n) is 2.40. The maximum absolute atomic E-state index is 4.44. The zero-order chi connectivity index (χ0) is 13.8. The maximum atomic E-state index is 4.44. The van der Waals surface area contributed by atoms with Gasteiger partial charge in [-0.3, -0.25) is 9.97 Å². The first kappa shape index (κ1) is 13.7. The van der Waals surface area contributed by atoms with Gasteiger partial charge in [0.1, 0.15) is 0 Å². The highest BCUT2D eigenvalue weighted by molar-refractivity contribution is 5.33. The molecule has 2 aromatic heterocycles. The fraction of sp³-hybridized carbons (Fsp3) is 0.375. The van der Waals surface area contributed by atoms with Gasteiger partial charge < -0.3 is 5.32 Å². The Labute approximate surface area is 115 Å². The van der Waals surface area contributed by atoms with Crippen LogP contribution in [0.25, 0.3) is 0 Å². The molecule has 0 amide bonds. The Morgan fingerprint density at radius 1 is 1.00 bits per heavy atom. The molecular formula is C16H21N3. The number of pyridine rings is 2. The molecule has 0 aliphatic heterocycles. The van der Waals surface area contributed by atoms with E-state index >= 15 is 0 Å². The van der Waals surface area contributed by atoms with Gasteiger partial charge in [-0.2, -0.15) is 0 Å². The van der Waals surface area contributed by atoms with Gasteiger partial charge in [-0.25, -0.2) is 0 Å². The van der Waals surface area contributed by atoms with Crippen molar-refractivity contribution in [2.45, 2.75) is 33.7 Å².